The molecule has 0 saturated carbocycles. The van der Waals surface area contributed by atoms with E-state index in [0.717, 1.165) is 16.2 Å². The first-order valence-corrected chi connectivity index (χ1v) is 6.65. The van der Waals surface area contributed by atoms with Crippen molar-refractivity contribution in [3.63, 3.8) is 0 Å². The molecule has 2 aromatic heterocycles. The Morgan fingerprint density at radius 2 is 1.89 bits per heavy atom. The van der Waals surface area contributed by atoms with Crippen LogP contribution in [0.1, 0.15) is 9.67 Å². The molecule has 100 valence electrons. The highest BCUT2D eigenvalue weighted by atomic mass is 32.2. The molecule has 9 heteroatoms. The van der Waals surface area contributed by atoms with Gasteiger partial charge in [0.05, 0.1) is 14.2 Å². The van der Waals surface area contributed by atoms with E-state index < -0.39 is 5.97 Å². The van der Waals surface area contributed by atoms with E-state index >= 15 is 0 Å². The van der Waals surface area contributed by atoms with Crippen molar-refractivity contribution in [3.05, 3.63) is 16.3 Å². The fourth-order valence-corrected chi connectivity index (χ4v) is 2.79. The number of methoxy groups -OCH3 is 2. The van der Waals surface area contributed by atoms with Crippen molar-refractivity contribution in [3.8, 4) is 12.0 Å². The third-order valence-corrected chi connectivity index (χ3v) is 3.84. The summed E-state index contributed by atoms with van der Waals surface area (Å²) in [6.07, 6.45) is 0. The normalized spacial score (nSPS) is 10.2. The first-order valence-electron chi connectivity index (χ1n) is 4.96. The van der Waals surface area contributed by atoms with Crippen LogP contribution < -0.4 is 9.47 Å². The van der Waals surface area contributed by atoms with Gasteiger partial charge in [-0.05, 0) is 17.8 Å². The zero-order chi connectivity index (χ0) is 13.8. The van der Waals surface area contributed by atoms with Crippen molar-refractivity contribution in [2.24, 2.45) is 0 Å². The Kier molecular flexibility index (Phi) is 4.17. The topological polar surface area (TPSA) is 94.4 Å². The maximum Gasteiger partial charge on any atom is 0.345 e. The van der Waals surface area contributed by atoms with Crippen LogP contribution in [0.4, 0.5) is 0 Å². The predicted molar refractivity (Wildman–Crippen MR) is 68.3 cm³/mol. The van der Waals surface area contributed by atoms with Crippen LogP contribution in [-0.2, 0) is 0 Å². The Bertz CT molecular complexity index is 580. The van der Waals surface area contributed by atoms with Crippen LogP contribution in [0.3, 0.4) is 0 Å². The lowest BCUT2D eigenvalue weighted by molar-refractivity contribution is 0.0702. The second-order valence-electron chi connectivity index (χ2n) is 3.15. The van der Waals surface area contributed by atoms with E-state index in [-0.39, 0.29) is 16.9 Å². The summed E-state index contributed by atoms with van der Waals surface area (Å²) in [5.41, 5.74) is 0. The number of nitrogens with zero attached hydrogens (tertiary/aromatic N) is 3. The van der Waals surface area contributed by atoms with Crippen LogP contribution in [0.2, 0.25) is 0 Å². The fourth-order valence-electron chi connectivity index (χ4n) is 1.14. The van der Waals surface area contributed by atoms with Crippen molar-refractivity contribution in [1.82, 2.24) is 15.0 Å². The molecule has 2 rings (SSSR count). The monoisotopic (exact) mass is 299 g/mol. The van der Waals surface area contributed by atoms with Crippen molar-refractivity contribution < 1.29 is 19.4 Å². The molecule has 0 aliphatic heterocycles. The van der Waals surface area contributed by atoms with Crippen LogP contribution in [0.5, 0.6) is 12.0 Å². The molecule has 0 aliphatic rings. The molecule has 0 spiro atoms. The van der Waals surface area contributed by atoms with Gasteiger partial charge in [-0.3, -0.25) is 0 Å². The molecular formula is C10H9N3O4S2. The van der Waals surface area contributed by atoms with Crippen molar-refractivity contribution in [2.45, 2.75) is 10.1 Å². The van der Waals surface area contributed by atoms with Crippen molar-refractivity contribution >= 4 is 29.1 Å². The van der Waals surface area contributed by atoms with Gasteiger partial charge in [0, 0.05) is 10.3 Å². The van der Waals surface area contributed by atoms with Gasteiger partial charge in [-0.15, -0.1) is 16.3 Å². The summed E-state index contributed by atoms with van der Waals surface area (Å²) in [7, 11) is 2.88. The van der Waals surface area contributed by atoms with Gasteiger partial charge in [-0.25, -0.2) is 4.79 Å². The molecule has 2 heterocycles. The highest BCUT2D eigenvalue weighted by Crippen LogP contribution is 2.30. The van der Waals surface area contributed by atoms with Crippen LogP contribution in [0, 0.1) is 0 Å². The average Bonchev–Trinajstić information content (AvgIpc) is 2.87. The molecular weight excluding hydrogens is 290 g/mol. The number of rotatable bonds is 5. The van der Waals surface area contributed by atoms with E-state index in [0.29, 0.717) is 5.16 Å². The average molecular weight is 299 g/mol. The number of carbonyl (C=O) groups is 1. The first-order chi connectivity index (χ1) is 9.12. The number of aromatic carboxylic acids is 1. The molecule has 0 aliphatic carbocycles. The summed E-state index contributed by atoms with van der Waals surface area (Å²) < 4.78 is 9.86. The largest absolute Gasteiger partial charge is 0.477 e. The van der Waals surface area contributed by atoms with Crippen LogP contribution in [0.15, 0.2) is 21.5 Å². The zero-order valence-electron chi connectivity index (χ0n) is 9.98. The van der Waals surface area contributed by atoms with E-state index in [4.69, 9.17) is 14.6 Å². The van der Waals surface area contributed by atoms with Crippen LogP contribution in [-0.4, -0.2) is 40.2 Å². The van der Waals surface area contributed by atoms with E-state index in [9.17, 15) is 4.79 Å². The standard InChI is InChI=1S/C10H9N3O4S2/c1-16-8-11-9(17-2)13-10(12-8)19-5-3-6(7(14)15)18-4-5/h3-4H,1-2H3,(H,14,15). The van der Waals surface area contributed by atoms with E-state index in [1.165, 1.54) is 26.0 Å². The van der Waals surface area contributed by atoms with Gasteiger partial charge in [-0.1, -0.05) is 0 Å². The fraction of sp³-hybridized carbons (Fsp3) is 0.200. The summed E-state index contributed by atoms with van der Waals surface area (Å²) in [4.78, 5) is 23.7. The number of hydrogen-bond donors (Lipinski definition) is 1. The highest BCUT2D eigenvalue weighted by molar-refractivity contribution is 7.99. The second kappa shape index (κ2) is 5.85. The Morgan fingerprint density at radius 1 is 1.26 bits per heavy atom. The molecule has 1 N–H and O–H groups in total. The minimum absolute atomic E-state index is 0.142. The summed E-state index contributed by atoms with van der Waals surface area (Å²) in [5.74, 6) is -0.956. The van der Waals surface area contributed by atoms with E-state index in [2.05, 4.69) is 15.0 Å². The van der Waals surface area contributed by atoms with Gasteiger partial charge >= 0.3 is 18.0 Å². The number of ether oxygens (including phenoxy) is 2. The minimum atomic E-state index is -0.956. The molecule has 2 aromatic rings. The molecule has 0 radical (unpaired) electrons. The van der Waals surface area contributed by atoms with Gasteiger partial charge < -0.3 is 14.6 Å². The Labute approximate surface area is 116 Å². The van der Waals surface area contributed by atoms with Gasteiger partial charge in [0.1, 0.15) is 4.88 Å². The molecule has 0 atom stereocenters. The number of hydrogen-bond acceptors (Lipinski definition) is 8. The number of carboxylic acids is 1. The lowest BCUT2D eigenvalue weighted by Gasteiger charge is -2.03. The molecule has 0 bridgehead atoms. The molecule has 0 fully saturated rings. The van der Waals surface area contributed by atoms with Gasteiger partial charge in [0.15, 0.2) is 0 Å². The Hall–Kier alpha value is -1.87. The Balaban J connectivity index is 2.23. The number of aromatic nitrogens is 3. The molecule has 0 unspecified atom stereocenters. The maximum atomic E-state index is 10.8. The van der Waals surface area contributed by atoms with Crippen LogP contribution in [0.25, 0.3) is 0 Å². The van der Waals surface area contributed by atoms with E-state index in [1.54, 1.807) is 11.4 Å². The molecule has 7 nitrogen and oxygen atoms in total. The summed E-state index contributed by atoms with van der Waals surface area (Å²) in [6.45, 7) is 0. The van der Waals surface area contributed by atoms with Gasteiger partial charge in [-0.2, -0.15) is 9.97 Å². The minimum Gasteiger partial charge on any atom is -0.477 e. The third kappa shape index (κ3) is 3.32. The summed E-state index contributed by atoms with van der Waals surface area (Å²) in [6, 6.07) is 1.84. The third-order valence-electron chi connectivity index (χ3n) is 1.93. The molecule has 0 saturated heterocycles. The van der Waals surface area contributed by atoms with Gasteiger partial charge in [0.2, 0.25) is 5.16 Å². The van der Waals surface area contributed by atoms with Gasteiger partial charge in [0.25, 0.3) is 0 Å². The lowest BCUT2D eigenvalue weighted by atomic mass is 10.5. The lowest BCUT2D eigenvalue weighted by Crippen LogP contribution is -2.00. The van der Waals surface area contributed by atoms with Crippen molar-refractivity contribution in [1.29, 1.82) is 0 Å². The molecule has 19 heavy (non-hydrogen) atoms. The Morgan fingerprint density at radius 3 is 2.37 bits per heavy atom. The maximum absolute atomic E-state index is 10.8. The second-order valence-corrected chi connectivity index (χ2v) is 5.10. The van der Waals surface area contributed by atoms with Crippen LogP contribution >= 0.6 is 23.1 Å². The quantitative estimate of drug-likeness (QED) is 0.893. The van der Waals surface area contributed by atoms with Crippen molar-refractivity contribution in [2.75, 3.05) is 14.2 Å². The molecule has 0 amide bonds. The van der Waals surface area contributed by atoms with E-state index in [1.807, 2.05) is 0 Å². The summed E-state index contributed by atoms with van der Waals surface area (Å²) in [5, 5.41) is 10.9. The number of carboxylic acid groups (broad SMARTS) is 1. The smallest absolute Gasteiger partial charge is 0.345 e. The first kappa shape index (κ1) is 13.6. The predicted octanol–water partition coefficient (Wildman–Crippen LogP) is 1.80. The molecule has 0 aromatic carbocycles. The number of thiophene rings is 1. The summed E-state index contributed by atoms with van der Waals surface area (Å²) >= 11 is 2.35. The zero-order valence-corrected chi connectivity index (χ0v) is 11.6. The SMILES string of the molecule is COc1nc(OC)nc(Sc2csc(C(=O)O)c2)n1. The highest BCUT2D eigenvalue weighted by Gasteiger charge is 2.12.